The fourth-order valence-corrected chi connectivity index (χ4v) is 2.80. The molecular weight excluding hydrogens is 302 g/mol. The van der Waals surface area contributed by atoms with Crippen LogP contribution >= 0.6 is 0 Å². The molecule has 24 heavy (non-hydrogen) atoms. The summed E-state index contributed by atoms with van der Waals surface area (Å²) in [4.78, 5) is 24.1. The van der Waals surface area contributed by atoms with Crippen LogP contribution < -0.4 is 16.0 Å². The first kappa shape index (κ1) is 16.1. The maximum atomic E-state index is 12.3. The summed E-state index contributed by atoms with van der Waals surface area (Å²) in [6.45, 7) is 1.06. The summed E-state index contributed by atoms with van der Waals surface area (Å²) in [5, 5.41) is 8.80. The maximum Gasteiger partial charge on any atom is 0.239 e. The Morgan fingerprint density at radius 2 is 1.75 bits per heavy atom. The Labute approximate surface area is 141 Å². The maximum absolute atomic E-state index is 12.3. The minimum atomic E-state index is -0.184. The lowest BCUT2D eigenvalue weighted by Gasteiger charge is -2.25. The van der Waals surface area contributed by atoms with Crippen LogP contribution in [0.5, 0.6) is 0 Å². The van der Waals surface area contributed by atoms with Crippen molar-refractivity contribution in [3.05, 3.63) is 65.7 Å². The summed E-state index contributed by atoms with van der Waals surface area (Å²) >= 11 is 0. The van der Waals surface area contributed by atoms with Gasteiger partial charge in [-0.3, -0.25) is 9.59 Å². The summed E-state index contributed by atoms with van der Waals surface area (Å²) in [5.74, 6) is -0.426. The number of hydrogen-bond donors (Lipinski definition) is 3. The van der Waals surface area contributed by atoms with Crippen molar-refractivity contribution in [2.75, 3.05) is 18.4 Å². The highest BCUT2D eigenvalue weighted by atomic mass is 16.2. The van der Waals surface area contributed by atoms with Gasteiger partial charge in [-0.25, -0.2) is 0 Å². The quantitative estimate of drug-likeness (QED) is 0.784. The number of hydrogen-bond acceptors (Lipinski definition) is 3. The second-order valence-corrected chi connectivity index (χ2v) is 5.92. The lowest BCUT2D eigenvalue weighted by Crippen LogP contribution is -2.42. The van der Waals surface area contributed by atoms with Crippen molar-refractivity contribution in [1.29, 1.82) is 0 Å². The molecule has 0 saturated heterocycles. The van der Waals surface area contributed by atoms with Crippen LogP contribution in [-0.2, 0) is 22.6 Å². The van der Waals surface area contributed by atoms with E-state index < -0.39 is 0 Å². The zero-order chi connectivity index (χ0) is 16.8. The molecule has 1 heterocycles. The highest BCUT2D eigenvalue weighted by molar-refractivity contribution is 5.86. The Bertz CT molecular complexity index is 716. The zero-order valence-corrected chi connectivity index (χ0v) is 13.4. The predicted molar refractivity (Wildman–Crippen MR) is 93.4 cm³/mol. The van der Waals surface area contributed by atoms with E-state index >= 15 is 0 Å². The van der Waals surface area contributed by atoms with Crippen molar-refractivity contribution in [2.45, 2.75) is 13.0 Å². The van der Waals surface area contributed by atoms with E-state index in [2.05, 4.69) is 16.0 Å². The van der Waals surface area contributed by atoms with Gasteiger partial charge in [0.2, 0.25) is 11.8 Å². The number of benzene rings is 2. The SMILES string of the molecule is O=C(CNC(=O)C1CNc2ccccc2C1)NCc1ccccc1. The third-order valence-corrected chi connectivity index (χ3v) is 4.15. The number of fused-ring (bicyclic) bond motifs is 1. The van der Waals surface area contributed by atoms with Crippen LogP contribution in [0.25, 0.3) is 0 Å². The number of nitrogens with one attached hydrogen (secondary N) is 3. The van der Waals surface area contributed by atoms with Gasteiger partial charge in [-0.15, -0.1) is 0 Å². The van der Waals surface area contributed by atoms with Crippen molar-refractivity contribution in [3.63, 3.8) is 0 Å². The van der Waals surface area contributed by atoms with Crippen molar-refractivity contribution in [3.8, 4) is 0 Å². The molecule has 0 bridgehead atoms. The molecule has 0 aromatic heterocycles. The Balaban J connectivity index is 1.43. The largest absolute Gasteiger partial charge is 0.384 e. The van der Waals surface area contributed by atoms with Crippen LogP contribution in [0, 0.1) is 5.92 Å². The molecule has 0 saturated carbocycles. The summed E-state index contributed by atoms with van der Waals surface area (Å²) < 4.78 is 0. The zero-order valence-electron chi connectivity index (χ0n) is 13.4. The molecule has 0 spiro atoms. The van der Waals surface area contributed by atoms with Crippen molar-refractivity contribution in [2.24, 2.45) is 5.92 Å². The van der Waals surface area contributed by atoms with Crippen LogP contribution in [0.4, 0.5) is 5.69 Å². The fourth-order valence-electron chi connectivity index (χ4n) is 2.80. The molecule has 0 fully saturated rings. The first-order valence-corrected chi connectivity index (χ1v) is 8.12. The monoisotopic (exact) mass is 323 g/mol. The van der Waals surface area contributed by atoms with E-state index in [0.717, 1.165) is 16.8 Å². The number of amides is 2. The Morgan fingerprint density at radius 3 is 2.58 bits per heavy atom. The van der Waals surface area contributed by atoms with Gasteiger partial charge >= 0.3 is 0 Å². The van der Waals surface area contributed by atoms with Crippen molar-refractivity contribution < 1.29 is 9.59 Å². The molecule has 1 aliphatic heterocycles. The lowest BCUT2D eigenvalue weighted by atomic mass is 9.93. The molecule has 1 atom stereocenters. The topological polar surface area (TPSA) is 70.2 Å². The van der Waals surface area contributed by atoms with Crippen LogP contribution in [0.15, 0.2) is 54.6 Å². The van der Waals surface area contributed by atoms with Gasteiger partial charge in [0.25, 0.3) is 0 Å². The molecule has 2 aromatic carbocycles. The number of carbonyl (C=O) groups is 2. The smallest absolute Gasteiger partial charge is 0.239 e. The van der Waals surface area contributed by atoms with Gasteiger partial charge in [-0.05, 0) is 23.6 Å². The van der Waals surface area contributed by atoms with E-state index in [4.69, 9.17) is 0 Å². The summed E-state index contributed by atoms with van der Waals surface area (Å²) in [5.41, 5.74) is 3.25. The Kier molecular flexibility index (Phi) is 5.11. The van der Waals surface area contributed by atoms with Gasteiger partial charge in [0, 0.05) is 18.8 Å². The van der Waals surface area contributed by atoms with Crippen LogP contribution in [0.1, 0.15) is 11.1 Å². The van der Waals surface area contributed by atoms with E-state index in [1.165, 1.54) is 0 Å². The van der Waals surface area contributed by atoms with E-state index in [0.29, 0.717) is 19.5 Å². The number of carbonyl (C=O) groups excluding carboxylic acids is 2. The van der Waals surface area contributed by atoms with Crippen LogP contribution in [0.2, 0.25) is 0 Å². The normalized spacial score (nSPS) is 15.8. The van der Waals surface area contributed by atoms with Gasteiger partial charge in [0.15, 0.2) is 0 Å². The van der Waals surface area contributed by atoms with Gasteiger partial charge in [-0.1, -0.05) is 48.5 Å². The summed E-state index contributed by atoms with van der Waals surface area (Å²) in [6, 6.07) is 17.7. The standard InChI is InChI=1S/C19H21N3O2/c23-18(21-11-14-6-2-1-3-7-14)13-22-19(24)16-10-15-8-4-5-9-17(15)20-12-16/h1-9,16,20H,10-13H2,(H,21,23)(H,22,24). The third kappa shape index (κ3) is 4.13. The van der Waals surface area contributed by atoms with Gasteiger partial charge < -0.3 is 16.0 Å². The second-order valence-electron chi connectivity index (χ2n) is 5.92. The first-order valence-electron chi connectivity index (χ1n) is 8.12. The first-order chi connectivity index (χ1) is 11.7. The number of rotatable bonds is 5. The molecule has 3 rings (SSSR count). The van der Waals surface area contributed by atoms with E-state index in [-0.39, 0.29) is 24.3 Å². The van der Waals surface area contributed by atoms with Gasteiger partial charge in [0.05, 0.1) is 12.5 Å². The molecule has 2 aromatic rings. The van der Waals surface area contributed by atoms with E-state index in [9.17, 15) is 9.59 Å². The number of para-hydroxylation sites is 1. The second kappa shape index (κ2) is 7.64. The van der Waals surface area contributed by atoms with Crippen LogP contribution in [0.3, 0.4) is 0 Å². The molecule has 5 nitrogen and oxygen atoms in total. The molecular formula is C19H21N3O2. The Morgan fingerprint density at radius 1 is 1.00 bits per heavy atom. The van der Waals surface area contributed by atoms with Gasteiger partial charge in [-0.2, -0.15) is 0 Å². The predicted octanol–water partition coefficient (Wildman–Crippen LogP) is 1.70. The fraction of sp³-hybridized carbons (Fsp3) is 0.263. The third-order valence-electron chi connectivity index (χ3n) is 4.15. The van der Waals surface area contributed by atoms with Crippen molar-refractivity contribution in [1.82, 2.24) is 10.6 Å². The molecule has 0 radical (unpaired) electrons. The molecule has 124 valence electrons. The minimum Gasteiger partial charge on any atom is -0.384 e. The highest BCUT2D eigenvalue weighted by Crippen LogP contribution is 2.24. The molecule has 3 N–H and O–H groups in total. The summed E-state index contributed by atoms with van der Waals surface area (Å²) in [7, 11) is 0. The summed E-state index contributed by atoms with van der Waals surface area (Å²) in [6.07, 6.45) is 0.695. The molecule has 0 aliphatic carbocycles. The number of anilines is 1. The van der Waals surface area contributed by atoms with Crippen LogP contribution in [-0.4, -0.2) is 24.9 Å². The molecule has 2 amide bonds. The molecule has 1 aliphatic rings. The highest BCUT2D eigenvalue weighted by Gasteiger charge is 2.24. The minimum absolute atomic E-state index is 0.00378. The average molecular weight is 323 g/mol. The van der Waals surface area contributed by atoms with Gasteiger partial charge in [0.1, 0.15) is 0 Å². The molecule has 1 unspecified atom stereocenters. The Hall–Kier alpha value is -2.82. The van der Waals surface area contributed by atoms with Crippen molar-refractivity contribution >= 4 is 17.5 Å². The molecule has 5 heteroatoms. The van der Waals surface area contributed by atoms with E-state index in [1.54, 1.807) is 0 Å². The van der Waals surface area contributed by atoms with E-state index in [1.807, 2.05) is 54.6 Å². The lowest BCUT2D eigenvalue weighted by molar-refractivity contribution is -0.128. The average Bonchev–Trinajstić information content (AvgIpc) is 2.65.